The number of hydrogen-bond donors (Lipinski definition) is 1. The third kappa shape index (κ3) is 3.45. The number of benzene rings is 2. The summed E-state index contributed by atoms with van der Waals surface area (Å²) < 4.78 is 1.64. The van der Waals surface area contributed by atoms with Crippen LogP contribution in [0, 0.1) is 0 Å². The standard InChI is InChI=1S/C18H13Br2N5O3/c19-10-4-6-12(7-5-10)21-14(26)9-24-16-15(22-23-24)17(27)25(18(16)28)13-3-1-2-11(20)8-13/h1-8,15-16H,9H2,(H,21,26). The molecule has 0 aliphatic carbocycles. The summed E-state index contributed by atoms with van der Waals surface area (Å²) in [6, 6.07) is 12.1. The summed E-state index contributed by atoms with van der Waals surface area (Å²) in [6.07, 6.45) is 0. The van der Waals surface area contributed by atoms with E-state index in [1.807, 2.05) is 0 Å². The van der Waals surface area contributed by atoms with Crippen molar-refractivity contribution in [2.24, 2.45) is 10.3 Å². The predicted molar refractivity (Wildman–Crippen MR) is 109 cm³/mol. The van der Waals surface area contributed by atoms with Crippen molar-refractivity contribution in [3.05, 3.63) is 57.5 Å². The SMILES string of the molecule is O=C(CN1N=NC2C(=O)N(c3cccc(Br)c3)C(=O)C21)Nc1ccc(Br)cc1. The maximum absolute atomic E-state index is 12.9. The van der Waals surface area contributed by atoms with Gasteiger partial charge in [-0.15, -0.1) is 0 Å². The molecule has 2 atom stereocenters. The number of anilines is 2. The van der Waals surface area contributed by atoms with Gasteiger partial charge in [0.15, 0.2) is 12.1 Å². The van der Waals surface area contributed by atoms with Gasteiger partial charge in [0.25, 0.3) is 11.8 Å². The highest BCUT2D eigenvalue weighted by Gasteiger charge is 2.55. The maximum atomic E-state index is 12.9. The van der Waals surface area contributed by atoms with Crippen molar-refractivity contribution in [1.82, 2.24) is 5.01 Å². The van der Waals surface area contributed by atoms with E-state index in [2.05, 4.69) is 47.5 Å². The number of fused-ring (bicyclic) bond motifs is 1. The van der Waals surface area contributed by atoms with Crippen LogP contribution in [0.3, 0.4) is 0 Å². The Morgan fingerprint density at radius 3 is 2.50 bits per heavy atom. The molecule has 1 saturated heterocycles. The Hall–Kier alpha value is -2.59. The minimum absolute atomic E-state index is 0.188. The van der Waals surface area contributed by atoms with Crippen LogP contribution in [-0.2, 0) is 14.4 Å². The second-order valence-corrected chi connectivity index (χ2v) is 8.07. The third-order valence-electron chi connectivity index (χ3n) is 4.36. The molecule has 2 aliphatic rings. The number of rotatable bonds is 4. The van der Waals surface area contributed by atoms with Crippen molar-refractivity contribution >= 4 is 61.0 Å². The molecule has 2 aromatic carbocycles. The predicted octanol–water partition coefficient (Wildman–Crippen LogP) is 3.14. The van der Waals surface area contributed by atoms with Gasteiger partial charge in [-0.05, 0) is 42.5 Å². The average Bonchev–Trinajstić information content (AvgIpc) is 3.17. The molecule has 2 heterocycles. The lowest BCUT2D eigenvalue weighted by Gasteiger charge is -2.20. The number of carbonyl (C=O) groups is 3. The van der Waals surface area contributed by atoms with Gasteiger partial charge in [0.05, 0.1) is 5.69 Å². The Labute approximate surface area is 176 Å². The van der Waals surface area contributed by atoms with Crippen LogP contribution in [-0.4, -0.2) is 41.4 Å². The molecule has 3 amide bonds. The Bertz CT molecular complexity index is 995. The molecule has 1 fully saturated rings. The molecule has 0 radical (unpaired) electrons. The van der Waals surface area contributed by atoms with E-state index in [0.29, 0.717) is 11.4 Å². The number of hydrogen-bond acceptors (Lipinski definition) is 6. The lowest BCUT2D eigenvalue weighted by atomic mass is 10.1. The van der Waals surface area contributed by atoms with Crippen LogP contribution >= 0.6 is 31.9 Å². The topological polar surface area (TPSA) is 94.4 Å². The molecule has 1 N–H and O–H groups in total. The second-order valence-electron chi connectivity index (χ2n) is 6.24. The maximum Gasteiger partial charge on any atom is 0.263 e. The van der Waals surface area contributed by atoms with Crippen molar-refractivity contribution in [3.63, 3.8) is 0 Å². The highest BCUT2D eigenvalue weighted by Crippen LogP contribution is 2.32. The molecule has 10 heteroatoms. The van der Waals surface area contributed by atoms with Gasteiger partial charge in [0.2, 0.25) is 5.91 Å². The lowest BCUT2D eigenvalue weighted by molar-refractivity contribution is -0.123. The van der Waals surface area contributed by atoms with Gasteiger partial charge < -0.3 is 5.32 Å². The van der Waals surface area contributed by atoms with E-state index in [1.54, 1.807) is 48.5 Å². The van der Waals surface area contributed by atoms with E-state index in [1.165, 1.54) is 5.01 Å². The Kier molecular flexibility index (Phi) is 4.98. The zero-order valence-electron chi connectivity index (χ0n) is 14.3. The minimum Gasteiger partial charge on any atom is -0.324 e. The molecule has 0 spiro atoms. The fraction of sp³-hybridized carbons (Fsp3) is 0.167. The van der Waals surface area contributed by atoms with E-state index in [0.717, 1.165) is 13.8 Å². The van der Waals surface area contributed by atoms with Crippen LogP contribution in [0.25, 0.3) is 0 Å². The Morgan fingerprint density at radius 1 is 1.04 bits per heavy atom. The fourth-order valence-electron chi connectivity index (χ4n) is 3.10. The zero-order valence-corrected chi connectivity index (χ0v) is 17.4. The molecule has 0 bridgehead atoms. The summed E-state index contributed by atoms with van der Waals surface area (Å²) in [7, 11) is 0. The lowest BCUT2D eigenvalue weighted by Crippen LogP contribution is -2.43. The first-order chi connectivity index (χ1) is 13.4. The summed E-state index contributed by atoms with van der Waals surface area (Å²) in [4.78, 5) is 39.0. The van der Waals surface area contributed by atoms with Crippen LogP contribution < -0.4 is 10.2 Å². The van der Waals surface area contributed by atoms with Gasteiger partial charge in [-0.2, -0.15) is 5.11 Å². The molecular formula is C18H13Br2N5O3. The highest BCUT2D eigenvalue weighted by molar-refractivity contribution is 9.10. The molecule has 2 unspecified atom stereocenters. The van der Waals surface area contributed by atoms with Crippen LogP contribution in [0.15, 0.2) is 67.8 Å². The van der Waals surface area contributed by atoms with Crippen LogP contribution in [0.4, 0.5) is 11.4 Å². The van der Waals surface area contributed by atoms with Crippen LogP contribution in [0.1, 0.15) is 0 Å². The first-order valence-corrected chi connectivity index (χ1v) is 9.89. The highest BCUT2D eigenvalue weighted by atomic mass is 79.9. The summed E-state index contributed by atoms with van der Waals surface area (Å²) >= 11 is 6.66. The van der Waals surface area contributed by atoms with E-state index >= 15 is 0 Å². The van der Waals surface area contributed by atoms with Crippen molar-refractivity contribution in [1.29, 1.82) is 0 Å². The molecule has 8 nitrogen and oxygen atoms in total. The first kappa shape index (κ1) is 18.8. The minimum atomic E-state index is -0.938. The normalized spacial score (nSPS) is 20.6. The number of nitrogens with zero attached hydrogens (tertiary/aromatic N) is 4. The van der Waals surface area contributed by atoms with Crippen molar-refractivity contribution in [3.8, 4) is 0 Å². The molecule has 4 rings (SSSR count). The second kappa shape index (κ2) is 7.44. The van der Waals surface area contributed by atoms with Crippen molar-refractivity contribution < 1.29 is 14.4 Å². The van der Waals surface area contributed by atoms with Gasteiger partial charge in [0.1, 0.15) is 6.54 Å². The van der Waals surface area contributed by atoms with Crippen molar-refractivity contribution in [2.75, 3.05) is 16.8 Å². The summed E-state index contributed by atoms with van der Waals surface area (Å²) in [5, 5.41) is 11.8. The van der Waals surface area contributed by atoms with E-state index in [-0.39, 0.29) is 12.5 Å². The monoisotopic (exact) mass is 505 g/mol. The third-order valence-corrected chi connectivity index (χ3v) is 5.38. The van der Waals surface area contributed by atoms with E-state index in [9.17, 15) is 14.4 Å². The Balaban J connectivity index is 1.49. The van der Waals surface area contributed by atoms with Gasteiger partial charge in [-0.3, -0.25) is 19.4 Å². The smallest absolute Gasteiger partial charge is 0.263 e. The molecule has 142 valence electrons. The molecular weight excluding hydrogens is 494 g/mol. The molecule has 0 aromatic heterocycles. The summed E-state index contributed by atoms with van der Waals surface area (Å²) in [5.74, 6) is -1.26. The molecule has 2 aromatic rings. The number of imide groups is 1. The molecule has 28 heavy (non-hydrogen) atoms. The van der Waals surface area contributed by atoms with E-state index < -0.39 is 23.9 Å². The first-order valence-electron chi connectivity index (χ1n) is 8.30. The summed E-state index contributed by atoms with van der Waals surface area (Å²) in [6.45, 7) is -0.188. The fourth-order valence-corrected chi connectivity index (χ4v) is 3.76. The van der Waals surface area contributed by atoms with Gasteiger partial charge in [-0.25, -0.2) is 4.90 Å². The van der Waals surface area contributed by atoms with Gasteiger partial charge >= 0.3 is 0 Å². The van der Waals surface area contributed by atoms with Gasteiger partial charge in [0, 0.05) is 14.6 Å². The van der Waals surface area contributed by atoms with Crippen LogP contribution in [0.5, 0.6) is 0 Å². The Morgan fingerprint density at radius 2 is 1.79 bits per heavy atom. The average molecular weight is 507 g/mol. The largest absolute Gasteiger partial charge is 0.324 e. The van der Waals surface area contributed by atoms with Gasteiger partial charge in [-0.1, -0.05) is 43.1 Å². The molecule has 2 aliphatic heterocycles. The summed E-state index contributed by atoms with van der Waals surface area (Å²) in [5.41, 5.74) is 1.07. The number of halogens is 2. The number of carbonyl (C=O) groups excluding carboxylic acids is 3. The van der Waals surface area contributed by atoms with E-state index in [4.69, 9.17) is 0 Å². The van der Waals surface area contributed by atoms with Crippen molar-refractivity contribution in [2.45, 2.75) is 12.1 Å². The quantitative estimate of drug-likeness (QED) is 0.644. The number of nitrogens with one attached hydrogen (secondary N) is 1. The zero-order chi connectivity index (χ0) is 19.8. The number of amides is 3. The molecule has 0 saturated carbocycles. The van der Waals surface area contributed by atoms with Crippen LogP contribution in [0.2, 0.25) is 0 Å².